The number of carbonyl (C=O) groups excluding carboxylic acids is 1. The number of nitrogens with zero attached hydrogens (tertiary/aromatic N) is 1. The fourth-order valence-electron chi connectivity index (χ4n) is 2.25. The minimum absolute atomic E-state index is 0.0974. The van der Waals surface area contributed by atoms with Crippen molar-refractivity contribution in [1.82, 2.24) is 10.2 Å². The molecular formula is C15H15FN2O2. The highest BCUT2D eigenvalue weighted by Gasteiger charge is 2.21. The summed E-state index contributed by atoms with van der Waals surface area (Å²) in [6.45, 7) is 2.98. The molecule has 1 saturated heterocycles. The van der Waals surface area contributed by atoms with Crippen molar-refractivity contribution in [3.63, 3.8) is 0 Å². The van der Waals surface area contributed by atoms with Gasteiger partial charge in [-0.3, -0.25) is 4.79 Å². The minimum atomic E-state index is -0.294. The van der Waals surface area contributed by atoms with Crippen molar-refractivity contribution >= 4 is 5.91 Å². The second kappa shape index (κ2) is 5.46. The summed E-state index contributed by atoms with van der Waals surface area (Å²) in [5, 5.41) is 3.20. The van der Waals surface area contributed by atoms with Gasteiger partial charge in [0.2, 0.25) is 0 Å². The summed E-state index contributed by atoms with van der Waals surface area (Å²) < 4.78 is 18.5. The van der Waals surface area contributed by atoms with Gasteiger partial charge in [-0.25, -0.2) is 4.39 Å². The predicted octanol–water partition coefficient (Wildman–Crippen LogP) is 2.13. The number of amides is 1. The summed E-state index contributed by atoms with van der Waals surface area (Å²) in [5.41, 5.74) is 0.755. The topological polar surface area (TPSA) is 45.5 Å². The van der Waals surface area contributed by atoms with Gasteiger partial charge in [-0.1, -0.05) is 0 Å². The third-order valence-corrected chi connectivity index (χ3v) is 3.35. The molecule has 1 aliphatic rings. The van der Waals surface area contributed by atoms with E-state index in [9.17, 15) is 9.18 Å². The summed E-state index contributed by atoms with van der Waals surface area (Å²) in [7, 11) is 0. The monoisotopic (exact) mass is 274 g/mol. The van der Waals surface area contributed by atoms with Crippen molar-refractivity contribution in [1.29, 1.82) is 0 Å². The Bertz CT molecular complexity index is 601. The first kappa shape index (κ1) is 12.9. The van der Waals surface area contributed by atoms with Crippen molar-refractivity contribution in [2.45, 2.75) is 0 Å². The molecule has 1 fully saturated rings. The Morgan fingerprint density at radius 1 is 1.10 bits per heavy atom. The van der Waals surface area contributed by atoms with Crippen molar-refractivity contribution < 1.29 is 13.6 Å². The normalized spacial score (nSPS) is 15.3. The Labute approximate surface area is 116 Å². The number of nitrogens with one attached hydrogen (secondary N) is 1. The lowest BCUT2D eigenvalue weighted by molar-refractivity contribution is 0.0704. The van der Waals surface area contributed by atoms with Crippen LogP contribution in [0.15, 0.2) is 40.8 Å². The Morgan fingerprint density at radius 2 is 1.80 bits per heavy atom. The van der Waals surface area contributed by atoms with Crippen molar-refractivity contribution in [2.24, 2.45) is 0 Å². The average Bonchev–Trinajstić information content (AvgIpc) is 2.98. The predicted molar refractivity (Wildman–Crippen MR) is 72.9 cm³/mol. The first-order valence-electron chi connectivity index (χ1n) is 6.60. The van der Waals surface area contributed by atoms with E-state index >= 15 is 0 Å². The number of piperazine rings is 1. The van der Waals surface area contributed by atoms with Gasteiger partial charge in [0.1, 0.15) is 11.6 Å². The molecule has 5 heteroatoms. The molecule has 0 aliphatic carbocycles. The molecule has 1 N–H and O–H groups in total. The van der Waals surface area contributed by atoms with Gasteiger partial charge in [0, 0.05) is 31.7 Å². The fourth-order valence-corrected chi connectivity index (χ4v) is 2.25. The zero-order chi connectivity index (χ0) is 13.9. The van der Waals surface area contributed by atoms with E-state index in [1.165, 1.54) is 12.1 Å². The number of halogens is 1. The number of hydrogen-bond donors (Lipinski definition) is 1. The quantitative estimate of drug-likeness (QED) is 0.912. The third kappa shape index (κ3) is 2.58. The lowest BCUT2D eigenvalue weighted by Gasteiger charge is -2.26. The van der Waals surface area contributed by atoms with Gasteiger partial charge < -0.3 is 14.6 Å². The molecule has 2 aromatic rings. The van der Waals surface area contributed by atoms with Gasteiger partial charge in [-0.05, 0) is 36.4 Å². The van der Waals surface area contributed by atoms with Crippen LogP contribution >= 0.6 is 0 Å². The molecule has 3 rings (SSSR count). The highest BCUT2D eigenvalue weighted by atomic mass is 19.1. The molecule has 0 unspecified atom stereocenters. The molecule has 0 atom stereocenters. The van der Waals surface area contributed by atoms with Crippen molar-refractivity contribution in [3.8, 4) is 11.3 Å². The van der Waals surface area contributed by atoms with Gasteiger partial charge in [0.05, 0.1) is 0 Å². The van der Waals surface area contributed by atoms with Crippen LogP contribution in [-0.4, -0.2) is 37.0 Å². The van der Waals surface area contributed by atoms with Crippen molar-refractivity contribution in [2.75, 3.05) is 26.2 Å². The molecule has 0 radical (unpaired) electrons. The van der Waals surface area contributed by atoms with Gasteiger partial charge in [-0.2, -0.15) is 0 Å². The largest absolute Gasteiger partial charge is 0.451 e. The second-order valence-electron chi connectivity index (χ2n) is 4.71. The fraction of sp³-hybridized carbons (Fsp3) is 0.267. The molecular weight excluding hydrogens is 259 g/mol. The van der Waals surface area contributed by atoms with Gasteiger partial charge in [0.15, 0.2) is 5.76 Å². The molecule has 0 bridgehead atoms. The Hall–Kier alpha value is -2.14. The van der Waals surface area contributed by atoms with Crippen LogP contribution in [-0.2, 0) is 0 Å². The molecule has 1 amide bonds. The number of carbonyl (C=O) groups is 1. The Morgan fingerprint density at radius 3 is 2.50 bits per heavy atom. The Balaban J connectivity index is 1.79. The smallest absolute Gasteiger partial charge is 0.289 e. The van der Waals surface area contributed by atoms with Crippen LogP contribution in [0.2, 0.25) is 0 Å². The van der Waals surface area contributed by atoms with E-state index < -0.39 is 0 Å². The van der Waals surface area contributed by atoms with Crippen LogP contribution in [0.1, 0.15) is 10.6 Å². The second-order valence-corrected chi connectivity index (χ2v) is 4.71. The van der Waals surface area contributed by atoms with E-state index in [-0.39, 0.29) is 11.7 Å². The van der Waals surface area contributed by atoms with E-state index in [2.05, 4.69) is 5.32 Å². The van der Waals surface area contributed by atoms with Gasteiger partial charge in [0.25, 0.3) is 5.91 Å². The van der Waals surface area contributed by atoms with Crippen LogP contribution in [0, 0.1) is 5.82 Å². The zero-order valence-corrected chi connectivity index (χ0v) is 10.9. The first-order chi connectivity index (χ1) is 9.74. The molecule has 0 spiro atoms. The third-order valence-electron chi connectivity index (χ3n) is 3.35. The summed E-state index contributed by atoms with van der Waals surface area (Å²) >= 11 is 0. The van der Waals surface area contributed by atoms with E-state index in [0.717, 1.165) is 18.7 Å². The molecule has 20 heavy (non-hydrogen) atoms. The molecule has 1 aromatic carbocycles. The summed E-state index contributed by atoms with van der Waals surface area (Å²) in [4.78, 5) is 14.0. The molecule has 0 saturated carbocycles. The van der Waals surface area contributed by atoms with Crippen LogP contribution in [0.25, 0.3) is 11.3 Å². The highest BCUT2D eigenvalue weighted by Crippen LogP contribution is 2.23. The number of furan rings is 1. The number of benzene rings is 1. The minimum Gasteiger partial charge on any atom is -0.451 e. The standard InChI is InChI=1S/C15H15FN2O2/c16-12-3-1-11(2-4-12)13-5-6-14(20-13)15(19)18-9-7-17-8-10-18/h1-6,17H,7-10H2. The zero-order valence-electron chi connectivity index (χ0n) is 10.9. The lowest BCUT2D eigenvalue weighted by Crippen LogP contribution is -2.46. The van der Waals surface area contributed by atoms with Crippen LogP contribution in [0.5, 0.6) is 0 Å². The summed E-state index contributed by atoms with van der Waals surface area (Å²) in [6, 6.07) is 9.41. The summed E-state index contributed by atoms with van der Waals surface area (Å²) in [6.07, 6.45) is 0. The maximum Gasteiger partial charge on any atom is 0.289 e. The van der Waals surface area contributed by atoms with Crippen LogP contribution < -0.4 is 5.32 Å². The summed E-state index contributed by atoms with van der Waals surface area (Å²) in [5.74, 6) is 0.506. The number of rotatable bonds is 2. The van der Waals surface area contributed by atoms with Crippen molar-refractivity contribution in [3.05, 3.63) is 48.0 Å². The maximum absolute atomic E-state index is 12.9. The van der Waals surface area contributed by atoms with Gasteiger partial charge >= 0.3 is 0 Å². The SMILES string of the molecule is O=C(c1ccc(-c2ccc(F)cc2)o1)N1CCNCC1. The van der Waals surface area contributed by atoms with E-state index in [1.807, 2.05) is 0 Å². The number of hydrogen-bond acceptors (Lipinski definition) is 3. The van der Waals surface area contributed by atoms with Crippen LogP contribution in [0.3, 0.4) is 0 Å². The molecule has 1 aliphatic heterocycles. The highest BCUT2D eigenvalue weighted by molar-refractivity contribution is 5.92. The lowest BCUT2D eigenvalue weighted by atomic mass is 10.2. The van der Waals surface area contributed by atoms with E-state index in [0.29, 0.717) is 24.6 Å². The average molecular weight is 274 g/mol. The maximum atomic E-state index is 12.9. The van der Waals surface area contributed by atoms with E-state index in [4.69, 9.17) is 4.42 Å². The molecule has 4 nitrogen and oxygen atoms in total. The molecule has 1 aromatic heterocycles. The van der Waals surface area contributed by atoms with Crippen LogP contribution in [0.4, 0.5) is 4.39 Å². The van der Waals surface area contributed by atoms with E-state index in [1.54, 1.807) is 29.2 Å². The molecule has 104 valence electrons. The molecule has 2 heterocycles. The van der Waals surface area contributed by atoms with Gasteiger partial charge in [-0.15, -0.1) is 0 Å². The Kier molecular flexibility index (Phi) is 3.52. The first-order valence-corrected chi connectivity index (χ1v) is 6.60.